The molecule has 20 heavy (non-hydrogen) atoms. The van der Waals surface area contributed by atoms with Crippen LogP contribution in [0.15, 0.2) is 42.5 Å². The van der Waals surface area contributed by atoms with Gasteiger partial charge in [-0.25, -0.2) is 0 Å². The molecule has 2 N–H and O–H groups in total. The summed E-state index contributed by atoms with van der Waals surface area (Å²) in [7, 11) is 0. The first-order valence-corrected chi connectivity index (χ1v) is 6.84. The third kappa shape index (κ3) is 2.53. The second-order valence-electron chi connectivity index (χ2n) is 5.07. The molecule has 0 radical (unpaired) electrons. The monoisotopic (exact) mass is 270 g/mol. The summed E-state index contributed by atoms with van der Waals surface area (Å²) < 4.78 is 5.14. The van der Waals surface area contributed by atoms with E-state index >= 15 is 0 Å². The molecule has 1 fully saturated rings. The zero-order valence-electron chi connectivity index (χ0n) is 11.3. The number of morpholine rings is 1. The maximum atomic E-state index is 11.8. The largest absolute Gasteiger partial charge is 0.370 e. The number of carbonyl (C=O) groups is 1. The minimum Gasteiger partial charge on any atom is -0.370 e. The van der Waals surface area contributed by atoms with Crippen molar-refractivity contribution in [2.24, 2.45) is 5.73 Å². The minimum absolute atomic E-state index is 0.0203. The predicted molar refractivity (Wildman–Crippen MR) is 78.3 cm³/mol. The van der Waals surface area contributed by atoms with Crippen LogP contribution >= 0.6 is 0 Å². The van der Waals surface area contributed by atoms with Crippen LogP contribution in [0, 0.1) is 0 Å². The van der Waals surface area contributed by atoms with Gasteiger partial charge in [-0.15, -0.1) is 0 Å². The van der Waals surface area contributed by atoms with E-state index in [9.17, 15) is 4.79 Å². The lowest BCUT2D eigenvalue weighted by atomic mass is 9.99. The van der Waals surface area contributed by atoms with Crippen LogP contribution in [0.5, 0.6) is 0 Å². The number of hydrogen-bond donors (Lipinski definition) is 1. The van der Waals surface area contributed by atoms with Gasteiger partial charge in [0.25, 0.3) is 0 Å². The van der Waals surface area contributed by atoms with Crippen LogP contribution in [0.25, 0.3) is 10.8 Å². The first-order valence-electron chi connectivity index (χ1n) is 6.84. The van der Waals surface area contributed by atoms with Gasteiger partial charge in [0, 0.05) is 19.1 Å². The molecule has 1 unspecified atom stereocenters. The van der Waals surface area contributed by atoms with E-state index in [0.717, 1.165) is 10.9 Å². The van der Waals surface area contributed by atoms with E-state index in [1.54, 1.807) is 4.90 Å². The van der Waals surface area contributed by atoms with Crippen molar-refractivity contribution in [2.45, 2.75) is 6.04 Å². The zero-order valence-corrected chi connectivity index (χ0v) is 11.3. The van der Waals surface area contributed by atoms with E-state index < -0.39 is 0 Å². The molecule has 0 saturated carbocycles. The minimum atomic E-state index is -0.178. The van der Waals surface area contributed by atoms with Crippen molar-refractivity contribution >= 4 is 16.7 Å². The number of benzene rings is 2. The first-order chi connectivity index (χ1) is 9.75. The fraction of sp³-hybridized carbons (Fsp3) is 0.312. The van der Waals surface area contributed by atoms with Gasteiger partial charge in [0.2, 0.25) is 5.91 Å². The van der Waals surface area contributed by atoms with Crippen LogP contribution in [-0.4, -0.2) is 37.1 Å². The van der Waals surface area contributed by atoms with Crippen molar-refractivity contribution in [1.29, 1.82) is 0 Å². The number of ether oxygens (including phenoxy) is 1. The summed E-state index contributed by atoms with van der Waals surface area (Å²) in [5.41, 5.74) is 7.40. The molecular formula is C16H18N2O2. The van der Waals surface area contributed by atoms with Crippen molar-refractivity contribution in [3.05, 3.63) is 48.0 Å². The highest BCUT2D eigenvalue weighted by molar-refractivity contribution is 5.86. The lowest BCUT2D eigenvalue weighted by Gasteiger charge is -2.29. The fourth-order valence-electron chi connectivity index (χ4n) is 2.65. The standard InChI is InChI=1S/C16H18N2O2/c17-15(10-18-8-9-20-11-16(18)19)14-7-3-5-12-4-1-2-6-13(12)14/h1-7,15H,8-11,17H2. The summed E-state index contributed by atoms with van der Waals surface area (Å²) in [5.74, 6) is 0.0203. The molecule has 1 aliphatic heterocycles. The number of hydrogen-bond acceptors (Lipinski definition) is 3. The van der Waals surface area contributed by atoms with E-state index in [4.69, 9.17) is 10.5 Å². The van der Waals surface area contributed by atoms with Crippen LogP contribution < -0.4 is 5.73 Å². The van der Waals surface area contributed by atoms with Crippen LogP contribution in [0.4, 0.5) is 0 Å². The highest BCUT2D eigenvalue weighted by Crippen LogP contribution is 2.23. The molecule has 104 valence electrons. The van der Waals surface area contributed by atoms with Crippen molar-refractivity contribution in [2.75, 3.05) is 26.3 Å². The Morgan fingerprint density at radius 1 is 1.20 bits per heavy atom. The Bertz CT molecular complexity index is 621. The first kappa shape index (κ1) is 13.1. The van der Waals surface area contributed by atoms with E-state index in [2.05, 4.69) is 18.2 Å². The van der Waals surface area contributed by atoms with E-state index in [1.807, 2.05) is 24.3 Å². The summed E-state index contributed by atoms with van der Waals surface area (Å²) >= 11 is 0. The number of nitrogens with two attached hydrogens (primary N) is 1. The van der Waals surface area contributed by atoms with Crippen molar-refractivity contribution in [3.63, 3.8) is 0 Å². The lowest BCUT2D eigenvalue weighted by Crippen LogP contribution is -2.44. The smallest absolute Gasteiger partial charge is 0.248 e. The van der Waals surface area contributed by atoms with Crippen LogP contribution in [0.1, 0.15) is 11.6 Å². The summed E-state index contributed by atoms with van der Waals surface area (Å²) in [6.45, 7) is 1.92. The molecule has 0 aromatic heterocycles. The van der Waals surface area contributed by atoms with Crippen LogP contribution in [0.2, 0.25) is 0 Å². The molecule has 4 heteroatoms. The van der Waals surface area contributed by atoms with E-state index in [1.165, 1.54) is 5.39 Å². The molecule has 0 aliphatic carbocycles. The molecule has 2 aromatic carbocycles. The van der Waals surface area contributed by atoms with E-state index in [-0.39, 0.29) is 18.6 Å². The Morgan fingerprint density at radius 2 is 2.00 bits per heavy atom. The molecule has 1 saturated heterocycles. The third-order valence-corrected chi connectivity index (χ3v) is 3.72. The average Bonchev–Trinajstić information content (AvgIpc) is 2.49. The molecular weight excluding hydrogens is 252 g/mol. The highest BCUT2D eigenvalue weighted by atomic mass is 16.5. The van der Waals surface area contributed by atoms with Gasteiger partial charge in [-0.05, 0) is 16.3 Å². The normalized spacial score (nSPS) is 17.4. The molecule has 2 aromatic rings. The Kier molecular flexibility index (Phi) is 3.67. The Hall–Kier alpha value is -1.91. The molecule has 1 amide bonds. The third-order valence-electron chi connectivity index (χ3n) is 3.72. The van der Waals surface area contributed by atoms with E-state index in [0.29, 0.717) is 19.7 Å². The Balaban J connectivity index is 1.85. The Labute approximate surface area is 118 Å². The number of rotatable bonds is 3. The maximum absolute atomic E-state index is 11.8. The van der Waals surface area contributed by atoms with Gasteiger partial charge in [-0.2, -0.15) is 0 Å². The second-order valence-corrected chi connectivity index (χ2v) is 5.07. The summed E-state index contributed by atoms with van der Waals surface area (Å²) in [6.07, 6.45) is 0. The second kappa shape index (κ2) is 5.61. The highest BCUT2D eigenvalue weighted by Gasteiger charge is 2.21. The van der Waals surface area contributed by atoms with Gasteiger partial charge < -0.3 is 15.4 Å². The van der Waals surface area contributed by atoms with Gasteiger partial charge in [0.05, 0.1) is 6.61 Å². The van der Waals surface area contributed by atoms with Gasteiger partial charge in [0.15, 0.2) is 0 Å². The molecule has 0 spiro atoms. The van der Waals surface area contributed by atoms with Crippen LogP contribution in [0.3, 0.4) is 0 Å². The molecule has 1 aliphatic rings. The summed E-state index contributed by atoms with van der Waals surface area (Å²) in [4.78, 5) is 13.6. The van der Waals surface area contributed by atoms with Gasteiger partial charge in [-0.1, -0.05) is 42.5 Å². The fourth-order valence-corrected chi connectivity index (χ4v) is 2.65. The summed E-state index contributed by atoms with van der Waals surface area (Å²) in [6, 6.07) is 14.1. The molecule has 3 rings (SSSR count). The SMILES string of the molecule is NC(CN1CCOCC1=O)c1cccc2ccccc12. The summed E-state index contributed by atoms with van der Waals surface area (Å²) in [5, 5.41) is 2.33. The number of nitrogens with zero attached hydrogens (tertiary/aromatic N) is 1. The van der Waals surface area contributed by atoms with Crippen LogP contribution in [-0.2, 0) is 9.53 Å². The number of carbonyl (C=O) groups excluding carboxylic acids is 1. The topological polar surface area (TPSA) is 55.6 Å². The average molecular weight is 270 g/mol. The lowest BCUT2D eigenvalue weighted by molar-refractivity contribution is -0.142. The molecule has 1 atom stereocenters. The van der Waals surface area contributed by atoms with Crippen molar-refractivity contribution in [3.8, 4) is 0 Å². The van der Waals surface area contributed by atoms with Gasteiger partial charge in [0.1, 0.15) is 6.61 Å². The number of amides is 1. The zero-order chi connectivity index (χ0) is 13.9. The van der Waals surface area contributed by atoms with Gasteiger partial charge >= 0.3 is 0 Å². The van der Waals surface area contributed by atoms with Gasteiger partial charge in [-0.3, -0.25) is 4.79 Å². The predicted octanol–water partition coefficient (Wildman–Crippen LogP) is 1.70. The quantitative estimate of drug-likeness (QED) is 0.923. The Morgan fingerprint density at radius 3 is 2.85 bits per heavy atom. The van der Waals surface area contributed by atoms with Crippen molar-refractivity contribution < 1.29 is 9.53 Å². The molecule has 0 bridgehead atoms. The molecule has 1 heterocycles. The molecule has 4 nitrogen and oxygen atoms in total. The maximum Gasteiger partial charge on any atom is 0.248 e. The van der Waals surface area contributed by atoms with Crippen molar-refractivity contribution in [1.82, 2.24) is 4.90 Å². The number of fused-ring (bicyclic) bond motifs is 1.